The van der Waals surface area contributed by atoms with Gasteiger partial charge in [-0.25, -0.2) is 9.52 Å². The quantitative estimate of drug-likeness (QED) is 0.727. The van der Waals surface area contributed by atoms with Crippen LogP contribution in [0.25, 0.3) is 0 Å². The Hall–Kier alpha value is -1.96. The summed E-state index contributed by atoms with van der Waals surface area (Å²) in [7, 11) is -4.06. The summed E-state index contributed by atoms with van der Waals surface area (Å²) in [5.74, 6) is 0.0683. The summed E-state index contributed by atoms with van der Waals surface area (Å²) in [5.41, 5.74) is 1.31. The minimum Gasteiger partial charge on any atom is -0.508 e. The lowest BCUT2D eigenvalue weighted by molar-refractivity contribution is 0.159. The summed E-state index contributed by atoms with van der Waals surface area (Å²) in [4.78, 5) is 11.1. The number of aryl methyl sites for hydroxylation is 2. The van der Waals surface area contributed by atoms with Crippen LogP contribution in [-0.4, -0.2) is 26.2 Å². The fourth-order valence-corrected chi connectivity index (χ4v) is 2.19. The fourth-order valence-electron chi connectivity index (χ4n) is 1.35. The average Bonchev–Trinajstić information content (AvgIpc) is 2.24. The van der Waals surface area contributed by atoms with Crippen molar-refractivity contribution in [3.8, 4) is 5.75 Å². The van der Waals surface area contributed by atoms with Gasteiger partial charge in [-0.1, -0.05) is 0 Å². The van der Waals surface area contributed by atoms with Crippen molar-refractivity contribution in [2.45, 2.75) is 20.8 Å². The number of carbonyl (C=O) groups is 1. The van der Waals surface area contributed by atoms with Gasteiger partial charge in [0.15, 0.2) is 0 Å². The molecular formula is C11H16N2O5S. The Morgan fingerprint density at radius 2 is 1.95 bits per heavy atom. The van der Waals surface area contributed by atoms with Crippen molar-refractivity contribution >= 4 is 22.0 Å². The Kier molecular flexibility index (Phi) is 4.60. The van der Waals surface area contributed by atoms with Gasteiger partial charge in [-0.2, -0.15) is 8.42 Å². The summed E-state index contributed by atoms with van der Waals surface area (Å²) in [5, 5.41) is 9.47. The van der Waals surface area contributed by atoms with Gasteiger partial charge in [-0.05, 0) is 44.0 Å². The molecule has 0 unspecified atom stereocenters. The molecule has 3 N–H and O–H groups in total. The highest BCUT2D eigenvalue weighted by Crippen LogP contribution is 2.25. The van der Waals surface area contributed by atoms with Crippen molar-refractivity contribution in [2.24, 2.45) is 0 Å². The predicted octanol–water partition coefficient (Wildman–Crippen LogP) is 1.41. The van der Waals surface area contributed by atoms with Crippen LogP contribution in [0.2, 0.25) is 0 Å². The number of aromatic hydroxyl groups is 1. The van der Waals surface area contributed by atoms with Gasteiger partial charge in [0.2, 0.25) is 0 Å². The molecule has 1 rings (SSSR count). The first-order chi connectivity index (χ1) is 8.75. The molecular weight excluding hydrogens is 272 g/mol. The normalized spacial score (nSPS) is 10.9. The van der Waals surface area contributed by atoms with Crippen LogP contribution in [0.15, 0.2) is 12.1 Å². The Bertz CT molecular complexity index is 583. The molecule has 8 heteroatoms. The van der Waals surface area contributed by atoms with Crippen LogP contribution in [0, 0.1) is 13.8 Å². The van der Waals surface area contributed by atoms with Gasteiger partial charge in [-0.3, -0.25) is 4.72 Å². The molecule has 0 saturated heterocycles. The average molecular weight is 288 g/mol. The van der Waals surface area contributed by atoms with E-state index in [2.05, 4.69) is 9.46 Å². The fraction of sp³-hybridized carbons (Fsp3) is 0.364. The first kappa shape index (κ1) is 15.1. The van der Waals surface area contributed by atoms with E-state index in [0.29, 0.717) is 11.1 Å². The molecule has 0 aliphatic rings. The van der Waals surface area contributed by atoms with E-state index in [-0.39, 0.29) is 18.0 Å². The lowest BCUT2D eigenvalue weighted by atomic mass is 10.1. The van der Waals surface area contributed by atoms with Gasteiger partial charge in [0, 0.05) is 0 Å². The van der Waals surface area contributed by atoms with E-state index < -0.39 is 16.3 Å². The number of phenolic OH excluding ortho intramolecular Hbond substituents is 1. The van der Waals surface area contributed by atoms with Crippen molar-refractivity contribution in [1.82, 2.24) is 4.72 Å². The summed E-state index contributed by atoms with van der Waals surface area (Å²) >= 11 is 0. The molecule has 1 aromatic carbocycles. The lowest BCUT2D eigenvalue weighted by Gasteiger charge is -2.12. The highest BCUT2D eigenvalue weighted by molar-refractivity contribution is 7.91. The number of benzene rings is 1. The van der Waals surface area contributed by atoms with E-state index in [1.165, 1.54) is 12.1 Å². The highest BCUT2D eigenvalue weighted by Gasteiger charge is 2.16. The number of amides is 1. The SMILES string of the molecule is CCOC(=O)NS(=O)(=O)Nc1cc(C)c(O)cc1C. The molecule has 106 valence electrons. The maximum atomic E-state index is 11.6. The van der Waals surface area contributed by atoms with Gasteiger partial charge in [0.25, 0.3) is 0 Å². The number of carbonyl (C=O) groups excluding carboxylic acids is 1. The van der Waals surface area contributed by atoms with Crippen molar-refractivity contribution in [2.75, 3.05) is 11.3 Å². The first-order valence-corrected chi connectivity index (χ1v) is 7.01. The summed E-state index contributed by atoms with van der Waals surface area (Å²) in [6.07, 6.45) is -1.05. The molecule has 0 bridgehead atoms. The molecule has 0 fully saturated rings. The Labute approximate surface area is 111 Å². The molecule has 1 aromatic rings. The maximum Gasteiger partial charge on any atom is 0.422 e. The molecule has 0 aliphatic heterocycles. The Morgan fingerprint density at radius 1 is 1.32 bits per heavy atom. The predicted molar refractivity (Wildman–Crippen MR) is 70.3 cm³/mol. The first-order valence-electron chi connectivity index (χ1n) is 5.52. The van der Waals surface area contributed by atoms with Crippen molar-refractivity contribution in [1.29, 1.82) is 0 Å². The topological polar surface area (TPSA) is 105 Å². The van der Waals surface area contributed by atoms with E-state index in [0.717, 1.165) is 0 Å². The van der Waals surface area contributed by atoms with Gasteiger partial charge in [0.05, 0.1) is 12.3 Å². The van der Waals surface area contributed by atoms with Gasteiger partial charge in [0.1, 0.15) is 5.75 Å². The number of hydrogen-bond acceptors (Lipinski definition) is 5. The second-order valence-electron chi connectivity index (χ2n) is 3.88. The van der Waals surface area contributed by atoms with Crippen molar-refractivity contribution in [3.63, 3.8) is 0 Å². The second-order valence-corrected chi connectivity index (χ2v) is 5.30. The minimum atomic E-state index is -4.06. The van der Waals surface area contributed by atoms with Crippen LogP contribution in [0.5, 0.6) is 5.75 Å². The molecule has 19 heavy (non-hydrogen) atoms. The molecule has 0 saturated carbocycles. The zero-order valence-electron chi connectivity index (χ0n) is 10.9. The molecule has 0 radical (unpaired) electrons. The van der Waals surface area contributed by atoms with E-state index in [9.17, 15) is 18.3 Å². The number of ether oxygens (including phenoxy) is 1. The standard InChI is InChI=1S/C11H16N2O5S/c1-4-18-11(15)13-19(16,17)12-9-5-8(3)10(14)6-7(9)2/h5-6,12,14H,4H2,1-3H3,(H,13,15). The van der Waals surface area contributed by atoms with Crippen LogP contribution in [0.1, 0.15) is 18.1 Å². The van der Waals surface area contributed by atoms with Gasteiger partial charge >= 0.3 is 16.3 Å². The summed E-state index contributed by atoms with van der Waals surface area (Å²) in [6.45, 7) is 4.89. The number of phenols is 1. The van der Waals surface area contributed by atoms with Crippen LogP contribution in [0.4, 0.5) is 10.5 Å². The molecule has 0 aliphatic carbocycles. The Balaban J connectivity index is 2.90. The maximum absolute atomic E-state index is 11.6. The molecule has 0 heterocycles. The summed E-state index contributed by atoms with van der Waals surface area (Å²) in [6, 6.07) is 2.90. The summed E-state index contributed by atoms with van der Waals surface area (Å²) < 4.78 is 31.7. The molecule has 7 nitrogen and oxygen atoms in total. The third-order valence-corrected chi connectivity index (χ3v) is 3.20. The highest BCUT2D eigenvalue weighted by atomic mass is 32.2. The van der Waals surface area contributed by atoms with E-state index in [1.54, 1.807) is 25.5 Å². The number of anilines is 1. The van der Waals surface area contributed by atoms with E-state index in [1.807, 2.05) is 0 Å². The number of nitrogens with one attached hydrogen (secondary N) is 2. The third kappa shape index (κ3) is 4.32. The third-order valence-electron chi connectivity index (χ3n) is 2.28. The van der Waals surface area contributed by atoms with Crippen LogP contribution in [0.3, 0.4) is 0 Å². The van der Waals surface area contributed by atoms with Crippen LogP contribution in [-0.2, 0) is 14.9 Å². The lowest BCUT2D eigenvalue weighted by Crippen LogP contribution is -2.35. The van der Waals surface area contributed by atoms with Gasteiger partial charge in [-0.15, -0.1) is 0 Å². The molecule has 0 aromatic heterocycles. The molecule has 0 spiro atoms. The Morgan fingerprint density at radius 3 is 2.53 bits per heavy atom. The van der Waals surface area contributed by atoms with Crippen molar-refractivity contribution < 1.29 is 23.1 Å². The van der Waals surface area contributed by atoms with E-state index in [4.69, 9.17) is 0 Å². The second kappa shape index (κ2) is 5.79. The van der Waals surface area contributed by atoms with Gasteiger partial charge < -0.3 is 9.84 Å². The molecule has 0 atom stereocenters. The number of rotatable bonds is 4. The molecule has 1 amide bonds. The monoisotopic (exact) mass is 288 g/mol. The van der Waals surface area contributed by atoms with E-state index >= 15 is 0 Å². The zero-order valence-corrected chi connectivity index (χ0v) is 11.7. The van der Waals surface area contributed by atoms with Crippen LogP contribution < -0.4 is 9.44 Å². The number of hydrogen-bond donors (Lipinski definition) is 3. The minimum absolute atomic E-state index is 0.0682. The zero-order chi connectivity index (χ0) is 14.6. The van der Waals surface area contributed by atoms with Crippen molar-refractivity contribution in [3.05, 3.63) is 23.3 Å². The van der Waals surface area contributed by atoms with Crippen LogP contribution >= 0.6 is 0 Å². The largest absolute Gasteiger partial charge is 0.508 e. The smallest absolute Gasteiger partial charge is 0.422 e.